The Bertz CT molecular complexity index is 575. The van der Waals surface area contributed by atoms with Gasteiger partial charge in [0.25, 0.3) is 0 Å². The molecule has 0 unspecified atom stereocenters. The molecule has 1 aliphatic carbocycles. The molecule has 1 aromatic carbocycles. The Balaban J connectivity index is 0.00000288. The minimum atomic E-state index is -0.176. The topological polar surface area (TPSA) is 36.4 Å². The van der Waals surface area contributed by atoms with E-state index in [-0.39, 0.29) is 29.8 Å². The number of hydrogen-bond donors (Lipinski definition) is 2. The molecule has 24 heavy (non-hydrogen) atoms. The van der Waals surface area contributed by atoms with E-state index in [4.69, 9.17) is 0 Å². The van der Waals surface area contributed by atoms with Crippen LogP contribution in [0.25, 0.3) is 0 Å². The molecule has 1 aliphatic rings. The number of aliphatic imine (C=N–C) groups is 1. The summed E-state index contributed by atoms with van der Waals surface area (Å²) in [6.45, 7) is 1.55. The molecule has 0 aliphatic heterocycles. The van der Waals surface area contributed by atoms with Crippen LogP contribution in [0.2, 0.25) is 0 Å². The van der Waals surface area contributed by atoms with Crippen LogP contribution in [0, 0.1) is 5.82 Å². The van der Waals surface area contributed by atoms with Gasteiger partial charge in [-0.05, 0) is 55.2 Å². The second-order valence-corrected chi connectivity index (χ2v) is 6.57. The number of hydrogen-bond acceptors (Lipinski definition) is 2. The summed E-state index contributed by atoms with van der Waals surface area (Å²) in [4.78, 5) is 4.26. The van der Waals surface area contributed by atoms with Gasteiger partial charge in [-0.3, -0.25) is 4.99 Å². The van der Waals surface area contributed by atoms with Gasteiger partial charge < -0.3 is 10.6 Å². The SMILES string of the molecule is CN=C(NCCC1=CCCC1)NCc1ccc(F)cc1CSC.I. The maximum atomic E-state index is 13.4. The van der Waals surface area contributed by atoms with Crippen molar-refractivity contribution in [3.05, 3.63) is 46.8 Å². The number of nitrogens with one attached hydrogen (secondary N) is 2. The van der Waals surface area contributed by atoms with Crippen molar-refractivity contribution in [1.82, 2.24) is 10.6 Å². The molecule has 0 heterocycles. The van der Waals surface area contributed by atoms with Crippen LogP contribution in [0.1, 0.15) is 36.8 Å². The van der Waals surface area contributed by atoms with E-state index >= 15 is 0 Å². The van der Waals surface area contributed by atoms with Gasteiger partial charge in [-0.1, -0.05) is 17.7 Å². The van der Waals surface area contributed by atoms with Crippen LogP contribution in [0.4, 0.5) is 4.39 Å². The number of allylic oxidation sites excluding steroid dienone is 1. The lowest BCUT2D eigenvalue weighted by Gasteiger charge is -2.14. The third-order valence-corrected chi connectivity index (χ3v) is 4.61. The van der Waals surface area contributed by atoms with Gasteiger partial charge in [-0.2, -0.15) is 11.8 Å². The predicted molar refractivity (Wildman–Crippen MR) is 114 cm³/mol. The van der Waals surface area contributed by atoms with E-state index in [1.807, 2.05) is 12.3 Å². The molecular formula is C18H27FIN3S. The van der Waals surface area contributed by atoms with Crippen molar-refractivity contribution in [2.24, 2.45) is 4.99 Å². The van der Waals surface area contributed by atoms with Gasteiger partial charge in [0.15, 0.2) is 5.96 Å². The van der Waals surface area contributed by atoms with Crippen molar-refractivity contribution < 1.29 is 4.39 Å². The van der Waals surface area contributed by atoms with Gasteiger partial charge in [-0.25, -0.2) is 4.39 Å². The average Bonchev–Trinajstić information content (AvgIpc) is 3.06. The first kappa shape index (κ1) is 21.3. The van der Waals surface area contributed by atoms with Gasteiger partial charge in [0.05, 0.1) is 0 Å². The molecule has 0 saturated carbocycles. The summed E-state index contributed by atoms with van der Waals surface area (Å²) in [5, 5.41) is 6.67. The van der Waals surface area contributed by atoms with Crippen LogP contribution >= 0.6 is 35.7 Å². The molecule has 1 aromatic rings. The third kappa shape index (κ3) is 7.01. The molecule has 0 amide bonds. The Hall–Kier alpha value is -0.760. The average molecular weight is 463 g/mol. The lowest BCUT2D eigenvalue weighted by atomic mass is 10.1. The Morgan fingerprint density at radius 3 is 2.79 bits per heavy atom. The number of thioether (sulfide) groups is 1. The van der Waals surface area contributed by atoms with Crippen LogP contribution < -0.4 is 10.6 Å². The summed E-state index contributed by atoms with van der Waals surface area (Å²) in [6.07, 6.45) is 9.22. The summed E-state index contributed by atoms with van der Waals surface area (Å²) < 4.78 is 13.4. The molecule has 2 N–H and O–H groups in total. The number of guanidine groups is 1. The number of rotatable bonds is 7. The van der Waals surface area contributed by atoms with Gasteiger partial charge >= 0.3 is 0 Å². The van der Waals surface area contributed by atoms with E-state index in [2.05, 4.69) is 21.7 Å². The van der Waals surface area contributed by atoms with Crippen molar-refractivity contribution in [1.29, 1.82) is 0 Å². The second-order valence-electron chi connectivity index (χ2n) is 5.70. The predicted octanol–water partition coefficient (Wildman–Crippen LogP) is 4.47. The molecule has 3 nitrogen and oxygen atoms in total. The Morgan fingerprint density at radius 2 is 2.12 bits per heavy atom. The largest absolute Gasteiger partial charge is 0.356 e. The summed E-state index contributed by atoms with van der Waals surface area (Å²) in [5.74, 6) is 1.43. The molecule has 0 fully saturated rings. The van der Waals surface area contributed by atoms with Gasteiger partial charge in [0.2, 0.25) is 0 Å². The van der Waals surface area contributed by atoms with Crippen molar-refractivity contribution >= 4 is 41.7 Å². The van der Waals surface area contributed by atoms with Crippen molar-refractivity contribution in [3.63, 3.8) is 0 Å². The fourth-order valence-corrected chi connectivity index (χ4v) is 3.34. The molecule has 2 rings (SSSR count). The molecule has 6 heteroatoms. The zero-order chi connectivity index (χ0) is 16.5. The van der Waals surface area contributed by atoms with Gasteiger partial charge in [0, 0.05) is 25.9 Å². The summed E-state index contributed by atoms with van der Waals surface area (Å²) in [5.41, 5.74) is 3.70. The van der Waals surface area contributed by atoms with Crippen LogP contribution in [-0.4, -0.2) is 25.8 Å². The summed E-state index contributed by atoms with van der Waals surface area (Å²) in [7, 11) is 1.78. The monoisotopic (exact) mass is 463 g/mol. The van der Waals surface area contributed by atoms with Crippen LogP contribution in [0.15, 0.2) is 34.8 Å². The molecule has 134 valence electrons. The van der Waals surface area contributed by atoms with Crippen LogP contribution in [-0.2, 0) is 12.3 Å². The van der Waals surface area contributed by atoms with E-state index in [1.54, 1.807) is 30.4 Å². The van der Waals surface area contributed by atoms with Crippen LogP contribution in [0.3, 0.4) is 0 Å². The highest BCUT2D eigenvalue weighted by atomic mass is 127. The quantitative estimate of drug-likeness (QED) is 0.271. The molecule has 0 saturated heterocycles. The molecule has 0 bridgehead atoms. The highest BCUT2D eigenvalue weighted by Gasteiger charge is 2.07. The third-order valence-electron chi connectivity index (χ3n) is 4.01. The van der Waals surface area contributed by atoms with Gasteiger partial charge in [-0.15, -0.1) is 24.0 Å². The standard InChI is InChI=1S/C18H26FN3S.HI/c1-20-18(21-10-9-14-5-3-4-6-14)22-12-15-7-8-17(19)11-16(15)13-23-2;/h5,7-8,11H,3-4,6,9-10,12-13H2,1-2H3,(H2,20,21,22);1H. The highest BCUT2D eigenvalue weighted by Crippen LogP contribution is 2.19. The molecule has 0 aromatic heterocycles. The smallest absolute Gasteiger partial charge is 0.191 e. The fraction of sp³-hybridized carbons (Fsp3) is 0.500. The summed E-state index contributed by atoms with van der Waals surface area (Å²) >= 11 is 1.70. The van der Waals surface area contributed by atoms with Crippen LogP contribution in [0.5, 0.6) is 0 Å². The first-order chi connectivity index (χ1) is 11.2. The Morgan fingerprint density at radius 1 is 1.29 bits per heavy atom. The van der Waals surface area contributed by atoms with E-state index in [0.29, 0.717) is 6.54 Å². The number of nitrogens with zero attached hydrogens (tertiary/aromatic N) is 1. The zero-order valence-electron chi connectivity index (χ0n) is 14.4. The zero-order valence-corrected chi connectivity index (χ0v) is 17.5. The lowest BCUT2D eigenvalue weighted by Crippen LogP contribution is -2.37. The number of benzene rings is 1. The molecule has 0 spiro atoms. The molecule has 0 atom stereocenters. The second kappa shape index (κ2) is 11.7. The Labute approximate surface area is 166 Å². The number of halogens is 2. The fourth-order valence-electron chi connectivity index (χ4n) is 2.76. The highest BCUT2D eigenvalue weighted by molar-refractivity contribution is 14.0. The van der Waals surface area contributed by atoms with E-state index in [1.165, 1.54) is 25.3 Å². The lowest BCUT2D eigenvalue weighted by molar-refractivity contribution is 0.625. The van der Waals surface area contributed by atoms with Gasteiger partial charge in [0.1, 0.15) is 5.82 Å². The minimum Gasteiger partial charge on any atom is -0.356 e. The maximum Gasteiger partial charge on any atom is 0.191 e. The van der Waals surface area contributed by atoms with E-state index in [0.717, 1.165) is 35.8 Å². The van der Waals surface area contributed by atoms with Crippen molar-refractivity contribution in [2.75, 3.05) is 19.8 Å². The molecule has 0 radical (unpaired) electrons. The molecular weight excluding hydrogens is 436 g/mol. The van der Waals surface area contributed by atoms with Crippen molar-refractivity contribution in [2.45, 2.75) is 38.0 Å². The maximum absolute atomic E-state index is 13.4. The normalized spacial score (nSPS) is 14.1. The minimum absolute atomic E-state index is 0. The van der Waals surface area contributed by atoms with E-state index in [9.17, 15) is 4.39 Å². The van der Waals surface area contributed by atoms with E-state index < -0.39 is 0 Å². The first-order valence-electron chi connectivity index (χ1n) is 8.11. The van der Waals surface area contributed by atoms with Crippen molar-refractivity contribution in [3.8, 4) is 0 Å². The first-order valence-corrected chi connectivity index (χ1v) is 9.51. The Kier molecular flexibility index (Phi) is 10.4. The summed E-state index contributed by atoms with van der Waals surface area (Å²) in [6, 6.07) is 4.99.